The van der Waals surface area contributed by atoms with Crippen LogP contribution in [-0.2, 0) is 0 Å². The van der Waals surface area contributed by atoms with Gasteiger partial charge in [-0.3, -0.25) is 0 Å². The number of aromatic nitrogens is 2. The van der Waals surface area contributed by atoms with Crippen molar-refractivity contribution in [1.29, 1.82) is 0 Å². The molecule has 5 nitrogen and oxygen atoms in total. The fourth-order valence-electron chi connectivity index (χ4n) is 2.36. The molecule has 1 aliphatic rings. The lowest BCUT2D eigenvalue weighted by Crippen LogP contribution is -2.32. The predicted octanol–water partition coefficient (Wildman–Crippen LogP) is 2.17. The maximum atomic E-state index is 11.0. The van der Waals surface area contributed by atoms with Crippen LogP contribution in [0.25, 0.3) is 0 Å². The number of nitrogens with one attached hydrogen (secondary N) is 1. The van der Waals surface area contributed by atoms with Gasteiger partial charge in [0, 0.05) is 18.4 Å². The van der Waals surface area contributed by atoms with Crippen molar-refractivity contribution in [3.05, 3.63) is 18.1 Å². The van der Waals surface area contributed by atoms with Crippen LogP contribution < -0.4 is 5.32 Å². The van der Waals surface area contributed by atoms with E-state index in [1.807, 2.05) is 0 Å². The number of hydrogen-bond acceptors (Lipinski definition) is 4. The van der Waals surface area contributed by atoms with Gasteiger partial charge in [-0.25, -0.2) is 14.8 Å². The van der Waals surface area contributed by atoms with Crippen LogP contribution in [0, 0.1) is 5.41 Å². The SMILES string of the molecule is CC1(C)CCCC1Nc1nccnc1C(=O)O. The molecule has 5 heteroatoms. The van der Waals surface area contributed by atoms with Crippen molar-refractivity contribution in [3.63, 3.8) is 0 Å². The molecule has 92 valence electrons. The highest BCUT2D eigenvalue weighted by Gasteiger charge is 2.35. The van der Waals surface area contributed by atoms with Gasteiger partial charge in [-0.15, -0.1) is 0 Å². The largest absolute Gasteiger partial charge is 0.476 e. The second kappa shape index (κ2) is 4.31. The van der Waals surface area contributed by atoms with Crippen molar-refractivity contribution in [1.82, 2.24) is 9.97 Å². The summed E-state index contributed by atoms with van der Waals surface area (Å²) in [5, 5.41) is 12.3. The fraction of sp³-hybridized carbons (Fsp3) is 0.583. The van der Waals surface area contributed by atoms with Crippen molar-refractivity contribution < 1.29 is 9.90 Å². The second-order valence-electron chi connectivity index (χ2n) is 5.14. The molecule has 1 unspecified atom stereocenters. The zero-order valence-corrected chi connectivity index (χ0v) is 10.1. The van der Waals surface area contributed by atoms with E-state index in [2.05, 4.69) is 29.1 Å². The molecule has 1 aromatic heterocycles. The van der Waals surface area contributed by atoms with E-state index in [-0.39, 0.29) is 17.2 Å². The first-order valence-corrected chi connectivity index (χ1v) is 5.81. The molecule has 1 saturated carbocycles. The van der Waals surface area contributed by atoms with Gasteiger partial charge in [-0.1, -0.05) is 20.3 Å². The molecule has 0 aliphatic heterocycles. The van der Waals surface area contributed by atoms with E-state index >= 15 is 0 Å². The van der Waals surface area contributed by atoms with Crippen molar-refractivity contribution in [2.75, 3.05) is 5.32 Å². The number of anilines is 1. The van der Waals surface area contributed by atoms with E-state index < -0.39 is 5.97 Å². The molecule has 1 aromatic rings. The van der Waals surface area contributed by atoms with Crippen molar-refractivity contribution in [3.8, 4) is 0 Å². The quantitative estimate of drug-likeness (QED) is 0.839. The molecule has 0 saturated heterocycles. The van der Waals surface area contributed by atoms with Gasteiger partial charge in [0.2, 0.25) is 0 Å². The summed E-state index contributed by atoms with van der Waals surface area (Å²) in [5.74, 6) is -0.670. The Morgan fingerprint density at radius 2 is 2.18 bits per heavy atom. The van der Waals surface area contributed by atoms with Gasteiger partial charge in [0.15, 0.2) is 11.5 Å². The third-order valence-electron chi connectivity index (χ3n) is 3.47. The van der Waals surface area contributed by atoms with Gasteiger partial charge >= 0.3 is 5.97 Å². The van der Waals surface area contributed by atoms with Gasteiger partial charge in [-0.2, -0.15) is 0 Å². The number of nitrogens with zero attached hydrogens (tertiary/aromatic N) is 2. The number of aromatic carboxylic acids is 1. The van der Waals surface area contributed by atoms with E-state index in [1.54, 1.807) is 0 Å². The topological polar surface area (TPSA) is 75.1 Å². The van der Waals surface area contributed by atoms with E-state index in [1.165, 1.54) is 12.4 Å². The Hall–Kier alpha value is -1.65. The van der Waals surface area contributed by atoms with Crippen LogP contribution in [0.5, 0.6) is 0 Å². The molecule has 0 radical (unpaired) electrons. The second-order valence-corrected chi connectivity index (χ2v) is 5.14. The zero-order chi connectivity index (χ0) is 12.5. The van der Waals surface area contributed by atoms with Crippen LogP contribution >= 0.6 is 0 Å². The van der Waals surface area contributed by atoms with Crippen LogP contribution in [0.3, 0.4) is 0 Å². The summed E-state index contributed by atoms with van der Waals surface area (Å²) < 4.78 is 0. The standard InChI is InChI=1S/C12H17N3O2/c1-12(2)5-3-4-8(12)15-10-9(11(16)17)13-6-7-14-10/h6-8H,3-5H2,1-2H3,(H,14,15)(H,16,17). The molecule has 2 rings (SSSR count). The van der Waals surface area contributed by atoms with Gasteiger partial charge in [0.1, 0.15) is 0 Å². The Kier molecular flexibility index (Phi) is 3.00. The summed E-state index contributed by atoms with van der Waals surface area (Å²) in [5.41, 5.74) is 0.169. The first-order valence-electron chi connectivity index (χ1n) is 5.81. The smallest absolute Gasteiger partial charge is 0.358 e. The molecule has 0 aromatic carbocycles. The monoisotopic (exact) mass is 235 g/mol. The Bertz CT molecular complexity index is 432. The summed E-state index contributed by atoms with van der Waals surface area (Å²) in [4.78, 5) is 18.9. The Morgan fingerprint density at radius 3 is 2.76 bits per heavy atom. The molecule has 17 heavy (non-hydrogen) atoms. The third-order valence-corrected chi connectivity index (χ3v) is 3.47. The molecule has 0 spiro atoms. The average Bonchev–Trinajstić information content (AvgIpc) is 2.59. The predicted molar refractivity (Wildman–Crippen MR) is 64.0 cm³/mol. The number of hydrogen-bond donors (Lipinski definition) is 2. The molecule has 1 aliphatic carbocycles. The van der Waals surface area contributed by atoms with Crippen molar-refractivity contribution in [2.24, 2.45) is 5.41 Å². The number of rotatable bonds is 3. The lowest BCUT2D eigenvalue weighted by Gasteiger charge is -2.28. The fourth-order valence-corrected chi connectivity index (χ4v) is 2.36. The highest BCUT2D eigenvalue weighted by atomic mass is 16.4. The van der Waals surface area contributed by atoms with Gasteiger partial charge in [-0.05, 0) is 18.3 Å². The van der Waals surface area contributed by atoms with E-state index in [4.69, 9.17) is 5.11 Å². The van der Waals surface area contributed by atoms with Gasteiger partial charge < -0.3 is 10.4 Å². The maximum Gasteiger partial charge on any atom is 0.358 e. The molecule has 1 atom stereocenters. The van der Waals surface area contributed by atoms with E-state index in [0.717, 1.165) is 19.3 Å². The van der Waals surface area contributed by atoms with E-state index in [9.17, 15) is 4.79 Å². The summed E-state index contributed by atoms with van der Waals surface area (Å²) in [6, 6.07) is 0.261. The zero-order valence-electron chi connectivity index (χ0n) is 10.1. The molecular weight excluding hydrogens is 218 g/mol. The first kappa shape index (κ1) is 11.8. The highest BCUT2D eigenvalue weighted by Crippen LogP contribution is 2.38. The molecular formula is C12H17N3O2. The van der Waals surface area contributed by atoms with E-state index in [0.29, 0.717) is 5.82 Å². The van der Waals surface area contributed by atoms with Crippen LogP contribution in [0.4, 0.5) is 5.82 Å². The minimum atomic E-state index is -1.04. The Balaban J connectivity index is 2.21. The minimum absolute atomic E-state index is 0.00444. The third kappa shape index (κ3) is 2.38. The van der Waals surface area contributed by atoms with Gasteiger partial charge in [0.25, 0.3) is 0 Å². The normalized spacial score (nSPS) is 22.4. The Morgan fingerprint density at radius 1 is 1.47 bits per heavy atom. The summed E-state index contributed by atoms with van der Waals surface area (Å²) in [6.07, 6.45) is 6.26. The van der Waals surface area contributed by atoms with Crippen LogP contribution in [0.15, 0.2) is 12.4 Å². The average molecular weight is 235 g/mol. The summed E-state index contributed by atoms with van der Waals surface area (Å²) >= 11 is 0. The molecule has 1 fully saturated rings. The van der Waals surface area contributed by atoms with Crippen LogP contribution in [-0.4, -0.2) is 27.1 Å². The molecule has 1 heterocycles. The van der Waals surface area contributed by atoms with Gasteiger partial charge in [0.05, 0.1) is 0 Å². The molecule has 2 N–H and O–H groups in total. The number of carbonyl (C=O) groups is 1. The number of carboxylic acid groups (broad SMARTS) is 1. The lowest BCUT2D eigenvalue weighted by molar-refractivity contribution is 0.0691. The lowest BCUT2D eigenvalue weighted by atomic mass is 9.87. The van der Waals surface area contributed by atoms with Crippen LogP contribution in [0.1, 0.15) is 43.6 Å². The van der Waals surface area contributed by atoms with Crippen molar-refractivity contribution in [2.45, 2.75) is 39.2 Å². The van der Waals surface area contributed by atoms with Crippen molar-refractivity contribution >= 4 is 11.8 Å². The van der Waals surface area contributed by atoms with Crippen LogP contribution in [0.2, 0.25) is 0 Å². The number of carboxylic acids is 1. The molecule has 0 bridgehead atoms. The molecule has 0 amide bonds. The minimum Gasteiger partial charge on any atom is -0.476 e. The highest BCUT2D eigenvalue weighted by molar-refractivity contribution is 5.90. The Labute approximate surface area is 100 Å². The summed E-state index contributed by atoms with van der Waals surface area (Å²) in [7, 11) is 0. The maximum absolute atomic E-state index is 11.0. The first-order chi connectivity index (χ1) is 8.00. The summed E-state index contributed by atoms with van der Waals surface area (Å²) in [6.45, 7) is 4.38.